The third-order valence-electron chi connectivity index (χ3n) is 3.79. The molecule has 1 spiro atoms. The molecule has 0 atom stereocenters. The summed E-state index contributed by atoms with van der Waals surface area (Å²) in [5, 5.41) is 5.62. The molecule has 2 N–H and O–H groups in total. The highest BCUT2D eigenvalue weighted by Gasteiger charge is 2.47. The quantitative estimate of drug-likeness (QED) is 0.710. The van der Waals surface area contributed by atoms with Crippen LogP contribution < -0.4 is 10.6 Å². The van der Waals surface area contributed by atoms with Crippen molar-refractivity contribution in [2.24, 2.45) is 0 Å². The van der Waals surface area contributed by atoms with Crippen molar-refractivity contribution in [1.82, 2.24) is 10.6 Å². The number of amides is 2. The van der Waals surface area contributed by atoms with Crippen molar-refractivity contribution < 1.29 is 19.1 Å². The number of hydrogen-bond acceptors (Lipinski definition) is 4. The van der Waals surface area contributed by atoms with Crippen molar-refractivity contribution in [1.29, 1.82) is 0 Å². The van der Waals surface area contributed by atoms with Crippen molar-refractivity contribution in [3.8, 4) is 0 Å². The molecule has 1 saturated heterocycles. The molecule has 2 rings (SSSR count). The highest BCUT2D eigenvalue weighted by molar-refractivity contribution is 6.10. The second-order valence-electron chi connectivity index (χ2n) is 6.65. The fourth-order valence-corrected chi connectivity index (χ4v) is 2.83. The summed E-state index contributed by atoms with van der Waals surface area (Å²) in [4.78, 5) is 34.9. The van der Waals surface area contributed by atoms with Gasteiger partial charge in [0.2, 0.25) is 5.91 Å². The predicted octanol–water partition coefficient (Wildman–Crippen LogP) is 1.28. The van der Waals surface area contributed by atoms with Gasteiger partial charge < -0.3 is 15.4 Å². The van der Waals surface area contributed by atoms with Crippen LogP contribution in [0.25, 0.3) is 0 Å². The van der Waals surface area contributed by atoms with Crippen molar-refractivity contribution in [2.75, 3.05) is 0 Å². The summed E-state index contributed by atoms with van der Waals surface area (Å²) in [7, 11) is 0. The van der Waals surface area contributed by atoms with E-state index in [9.17, 15) is 14.4 Å². The van der Waals surface area contributed by atoms with E-state index in [2.05, 4.69) is 10.6 Å². The van der Waals surface area contributed by atoms with Crippen molar-refractivity contribution >= 4 is 17.8 Å². The van der Waals surface area contributed by atoms with Crippen LogP contribution in [0.3, 0.4) is 0 Å². The van der Waals surface area contributed by atoms with Crippen LogP contribution in [-0.4, -0.2) is 35.0 Å². The van der Waals surface area contributed by atoms with Gasteiger partial charge in [-0.3, -0.25) is 9.59 Å². The van der Waals surface area contributed by atoms with Gasteiger partial charge in [0, 0.05) is 6.04 Å². The summed E-state index contributed by atoms with van der Waals surface area (Å²) in [5.74, 6) is -0.202. The van der Waals surface area contributed by atoms with Gasteiger partial charge in [-0.05, 0) is 46.5 Å². The number of ketones is 1. The molecule has 0 bridgehead atoms. The molecule has 1 aliphatic heterocycles. The summed E-state index contributed by atoms with van der Waals surface area (Å²) in [5.41, 5.74) is -1.20. The molecule has 0 radical (unpaired) electrons. The minimum Gasteiger partial charge on any atom is -0.444 e. The number of carbonyl (C=O) groups is 3. The lowest BCUT2D eigenvalue weighted by atomic mass is 9.78. The third kappa shape index (κ3) is 3.29. The van der Waals surface area contributed by atoms with Crippen LogP contribution in [0.4, 0.5) is 4.79 Å². The van der Waals surface area contributed by atoms with E-state index in [0.29, 0.717) is 25.7 Å². The first-order chi connectivity index (χ1) is 9.20. The van der Waals surface area contributed by atoms with Crippen molar-refractivity contribution in [2.45, 2.75) is 70.1 Å². The van der Waals surface area contributed by atoms with Crippen LogP contribution in [-0.2, 0) is 14.3 Å². The van der Waals surface area contributed by atoms with Gasteiger partial charge in [-0.1, -0.05) is 0 Å². The zero-order valence-electron chi connectivity index (χ0n) is 12.2. The lowest BCUT2D eigenvalue weighted by Gasteiger charge is -2.36. The normalized spacial score (nSPS) is 30.2. The number of hydrogen-bond donors (Lipinski definition) is 2. The molecule has 0 aromatic rings. The van der Waals surface area contributed by atoms with Crippen LogP contribution in [0.15, 0.2) is 0 Å². The Morgan fingerprint density at radius 2 is 1.90 bits per heavy atom. The largest absolute Gasteiger partial charge is 0.444 e. The van der Waals surface area contributed by atoms with Gasteiger partial charge in [0.25, 0.3) is 0 Å². The lowest BCUT2D eigenvalue weighted by molar-refractivity contribution is -0.124. The maximum Gasteiger partial charge on any atom is 0.407 e. The fraction of sp³-hybridized carbons (Fsp3) is 0.786. The second-order valence-corrected chi connectivity index (χ2v) is 6.65. The molecule has 2 fully saturated rings. The third-order valence-corrected chi connectivity index (χ3v) is 3.79. The van der Waals surface area contributed by atoms with E-state index in [1.807, 2.05) is 20.8 Å². The Kier molecular flexibility index (Phi) is 3.75. The van der Waals surface area contributed by atoms with Gasteiger partial charge in [-0.25, -0.2) is 4.79 Å². The maximum atomic E-state index is 11.9. The smallest absolute Gasteiger partial charge is 0.407 e. The van der Waals surface area contributed by atoms with Gasteiger partial charge in [-0.15, -0.1) is 0 Å². The molecule has 112 valence electrons. The van der Waals surface area contributed by atoms with Gasteiger partial charge in [0.1, 0.15) is 5.60 Å². The molecular formula is C14H22N2O4. The van der Waals surface area contributed by atoms with Gasteiger partial charge in [0.15, 0.2) is 5.78 Å². The molecular weight excluding hydrogens is 260 g/mol. The molecule has 1 heterocycles. The highest BCUT2D eigenvalue weighted by Crippen LogP contribution is 2.33. The molecule has 0 unspecified atom stereocenters. The summed E-state index contributed by atoms with van der Waals surface area (Å²) >= 11 is 0. The van der Waals surface area contributed by atoms with E-state index in [0.717, 1.165) is 0 Å². The summed E-state index contributed by atoms with van der Waals surface area (Å²) in [6.45, 7) is 5.44. The van der Waals surface area contributed by atoms with Gasteiger partial charge in [0.05, 0.1) is 12.0 Å². The van der Waals surface area contributed by atoms with Gasteiger partial charge >= 0.3 is 6.09 Å². The van der Waals surface area contributed by atoms with Crippen LogP contribution in [0.5, 0.6) is 0 Å². The zero-order valence-corrected chi connectivity index (χ0v) is 12.2. The average molecular weight is 282 g/mol. The molecule has 6 heteroatoms. The average Bonchev–Trinajstić information content (AvgIpc) is 2.55. The maximum absolute atomic E-state index is 11.9. The van der Waals surface area contributed by atoms with Crippen molar-refractivity contribution in [3.05, 3.63) is 0 Å². The number of alkyl carbamates (subject to hydrolysis) is 1. The van der Waals surface area contributed by atoms with E-state index >= 15 is 0 Å². The van der Waals surface area contributed by atoms with E-state index < -0.39 is 17.2 Å². The Hall–Kier alpha value is -1.59. The minimum absolute atomic E-state index is 0.000719. The van der Waals surface area contributed by atoms with Crippen LogP contribution in [0, 0.1) is 0 Å². The number of rotatable bonds is 1. The lowest BCUT2D eigenvalue weighted by Crippen LogP contribution is -2.52. The topological polar surface area (TPSA) is 84.5 Å². The first-order valence-electron chi connectivity index (χ1n) is 7.04. The second kappa shape index (κ2) is 5.07. The first kappa shape index (κ1) is 14.8. The fourth-order valence-electron chi connectivity index (χ4n) is 2.83. The number of carbonyl (C=O) groups excluding carboxylic acids is 3. The summed E-state index contributed by atoms with van der Waals surface area (Å²) in [6.07, 6.45) is 2.07. The molecule has 0 aromatic heterocycles. The Balaban J connectivity index is 1.84. The summed E-state index contributed by atoms with van der Waals surface area (Å²) in [6, 6.07) is 0.000719. The molecule has 6 nitrogen and oxygen atoms in total. The molecule has 2 aliphatic rings. The molecule has 0 aromatic carbocycles. The number of nitrogens with one attached hydrogen (secondary N) is 2. The first-order valence-corrected chi connectivity index (χ1v) is 7.04. The summed E-state index contributed by atoms with van der Waals surface area (Å²) < 4.78 is 5.21. The number of ether oxygens (including phenoxy) is 1. The Morgan fingerprint density at radius 3 is 2.35 bits per heavy atom. The highest BCUT2D eigenvalue weighted by atomic mass is 16.6. The Bertz CT molecular complexity index is 431. The monoisotopic (exact) mass is 282 g/mol. The Labute approximate surface area is 118 Å². The van der Waals surface area contributed by atoms with Crippen molar-refractivity contribution in [3.63, 3.8) is 0 Å². The van der Waals surface area contributed by atoms with E-state index in [-0.39, 0.29) is 24.2 Å². The van der Waals surface area contributed by atoms with E-state index in [1.54, 1.807) is 0 Å². The van der Waals surface area contributed by atoms with E-state index in [4.69, 9.17) is 4.74 Å². The minimum atomic E-state index is -0.677. The molecule has 20 heavy (non-hydrogen) atoms. The van der Waals surface area contributed by atoms with Gasteiger partial charge in [-0.2, -0.15) is 0 Å². The van der Waals surface area contributed by atoms with E-state index in [1.165, 1.54) is 0 Å². The molecule has 2 amide bonds. The predicted molar refractivity (Wildman–Crippen MR) is 72.1 cm³/mol. The number of Topliss-reactive ketones (excluding diaryl/α,β-unsaturated/α-hetero) is 1. The zero-order chi connectivity index (χ0) is 15.0. The van der Waals surface area contributed by atoms with Crippen LogP contribution in [0.1, 0.15) is 52.9 Å². The van der Waals surface area contributed by atoms with Crippen LogP contribution in [0.2, 0.25) is 0 Å². The molecule has 1 aliphatic carbocycles. The molecule has 1 saturated carbocycles. The SMILES string of the molecule is CC(C)(C)OC(=O)NC1CCC2(CC1)NC(=O)CC2=O. The Morgan fingerprint density at radius 1 is 1.30 bits per heavy atom. The standard InChI is InChI=1S/C14H22N2O4/c1-13(2,3)20-12(19)15-9-4-6-14(7-5-9)10(17)8-11(18)16-14/h9H,4-8H2,1-3H3,(H,15,19)(H,16,18). The van der Waals surface area contributed by atoms with Crippen LogP contribution >= 0.6 is 0 Å².